The molecule has 0 fully saturated rings. The first-order valence-electron chi connectivity index (χ1n) is 12.4. The molecule has 3 rings (SSSR count). The minimum Gasteiger partial charge on any atom is -0.465 e. The largest absolute Gasteiger partial charge is 0.465 e. The lowest BCUT2D eigenvalue weighted by atomic mass is 9.86. The van der Waals surface area contributed by atoms with Gasteiger partial charge in [0.05, 0.1) is 11.4 Å². The monoisotopic (exact) mass is 491 g/mol. The van der Waals surface area contributed by atoms with Crippen molar-refractivity contribution in [3.05, 3.63) is 83.4 Å². The SMILES string of the molecule is COCOc1ccc(C(C)(C)C)cc1N(Cc1ccccc1)c1cc(C(C)(C)C)ccc1OCOC. The first kappa shape index (κ1) is 27.6. The first-order valence-corrected chi connectivity index (χ1v) is 12.4. The minimum atomic E-state index is -0.0322. The van der Waals surface area contributed by atoms with Crippen LogP contribution in [0.3, 0.4) is 0 Å². The Kier molecular flexibility index (Phi) is 9.04. The minimum absolute atomic E-state index is 0.0322. The molecule has 5 heteroatoms. The lowest BCUT2D eigenvalue weighted by Crippen LogP contribution is -2.22. The van der Waals surface area contributed by atoms with Crippen molar-refractivity contribution in [1.29, 1.82) is 0 Å². The molecule has 3 aromatic carbocycles. The summed E-state index contributed by atoms with van der Waals surface area (Å²) in [5.41, 5.74) is 5.45. The van der Waals surface area contributed by atoms with Crippen LogP contribution < -0.4 is 14.4 Å². The smallest absolute Gasteiger partial charge is 0.188 e. The Morgan fingerprint density at radius 1 is 0.611 bits per heavy atom. The third-order valence-electron chi connectivity index (χ3n) is 6.08. The van der Waals surface area contributed by atoms with E-state index in [4.69, 9.17) is 18.9 Å². The van der Waals surface area contributed by atoms with Gasteiger partial charge in [-0.1, -0.05) is 84.0 Å². The summed E-state index contributed by atoms with van der Waals surface area (Å²) in [4.78, 5) is 2.27. The molecule has 0 aromatic heterocycles. The van der Waals surface area contributed by atoms with Gasteiger partial charge in [-0.3, -0.25) is 0 Å². The quantitative estimate of drug-likeness (QED) is 0.273. The normalized spacial score (nSPS) is 11.9. The van der Waals surface area contributed by atoms with E-state index in [1.165, 1.54) is 16.7 Å². The fourth-order valence-electron chi connectivity index (χ4n) is 3.94. The predicted octanol–water partition coefficient (Wildman–Crippen LogP) is 7.59. The number of ether oxygens (including phenoxy) is 4. The van der Waals surface area contributed by atoms with E-state index in [-0.39, 0.29) is 24.4 Å². The molecule has 0 spiro atoms. The average molecular weight is 492 g/mol. The second-order valence-electron chi connectivity index (χ2n) is 11.0. The summed E-state index contributed by atoms with van der Waals surface area (Å²) < 4.78 is 22.7. The maximum atomic E-state index is 6.08. The number of nitrogens with zero attached hydrogens (tertiary/aromatic N) is 1. The second kappa shape index (κ2) is 11.8. The molecule has 5 nitrogen and oxygen atoms in total. The molecule has 0 aliphatic heterocycles. The Bertz CT molecular complexity index is 1040. The highest BCUT2D eigenvalue weighted by Gasteiger charge is 2.25. The van der Waals surface area contributed by atoms with Crippen molar-refractivity contribution in [1.82, 2.24) is 0 Å². The summed E-state index contributed by atoms with van der Waals surface area (Å²) >= 11 is 0. The molecule has 0 aliphatic rings. The molecule has 36 heavy (non-hydrogen) atoms. The Hall–Kier alpha value is -3.02. The molecular weight excluding hydrogens is 450 g/mol. The van der Waals surface area contributed by atoms with E-state index in [0.29, 0.717) is 6.54 Å². The van der Waals surface area contributed by atoms with Gasteiger partial charge in [0, 0.05) is 20.8 Å². The van der Waals surface area contributed by atoms with Gasteiger partial charge in [-0.15, -0.1) is 0 Å². The average Bonchev–Trinajstić information content (AvgIpc) is 2.84. The molecule has 0 bridgehead atoms. The molecule has 0 unspecified atom stereocenters. The highest BCUT2D eigenvalue weighted by atomic mass is 16.7. The molecule has 0 aliphatic carbocycles. The van der Waals surface area contributed by atoms with Crippen LogP contribution in [0.4, 0.5) is 11.4 Å². The molecule has 0 saturated heterocycles. The van der Waals surface area contributed by atoms with Crippen LogP contribution in [0, 0.1) is 0 Å². The van der Waals surface area contributed by atoms with Gasteiger partial charge in [-0.05, 0) is 51.8 Å². The van der Waals surface area contributed by atoms with Gasteiger partial charge in [-0.2, -0.15) is 0 Å². The molecule has 0 heterocycles. The van der Waals surface area contributed by atoms with E-state index in [0.717, 1.165) is 22.9 Å². The number of hydrogen-bond acceptors (Lipinski definition) is 5. The molecular formula is C31H41NO4. The molecule has 194 valence electrons. The van der Waals surface area contributed by atoms with Gasteiger partial charge in [0.25, 0.3) is 0 Å². The standard InChI is InChI=1S/C31H41NO4/c1-30(2,3)24-14-16-28(35-21-33-7)26(18-24)32(20-23-12-10-9-11-13-23)27-19-25(31(4,5)6)15-17-29(27)36-22-34-8/h9-19H,20-22H2,1-8H3. The van der Waals surface area contributed by atoms with E-state index < -0.39 is 0 Å². The van der Waals surface area contributed by atoms with Crippen LogP contribution in [0.2, 0.25) is 0 Å². The van der Waals surface area contributed by atoms with E-state index in [1.54, 1.807) is 14.2 Å². The zero-order valence-corrected chi connectivity index (χ0v) is 23.1. The third kappa shape index (κ3) is 7.02. The van der Waals surface area contributed by atoms with Gasteiger partial charge in [-0.25, -0.2) is 0 Å². The van der Waals surface area contributed by atoms with Crippen molar-refractivity contribution in [3.8, 4) is 11.5 Å². The Morgan fingerprint density at radius 3 is 1.44 bits per heavy atom. The fourth-order valence-corrected chi connectivity index (χ4v) is 3.94. The number of anilines is 2. The van der Waals surface area contributed by atoms with Crippen LogP contribution in [-0.2, 0) is 26.8 Å². The molecule has 0 saturated carbocycles. The van der Waals surface area contributed by atoms with Gasteiger partial charge >= 0.3 is 0 Å². The molecule has 0 radical (unpaired) electrons. The fraction of sp³-hybridized carbons (Fsp3) is 0.419. The summed E-state index contributed by atoms with van der Waals surface area (Å²) in [6, 6.07) is 23.2. The predicted molar refractivity (Wildman–Crippen MR) is 148 cm³/mol. The van der Waals surface area contributed by atoms with Crippen molar-refractivity contribution >= 4 is 11.4 Å². The second-order valence-corrected chi connectivity index (χ2v) is 11.0. The van der Waals surface area contributed by atoms with Gasteiger partial charge in [0.15, 0.2) is 13.6 Å². The molecule has 0 amide bonds. The van der Waals surface area contributed by atoms with E-state index in [9.17, 15) is 0 Å². The van der Waals surface area contributed by atoms with Crippen molar-refractivity contribution in [2.45, 2.75) is 58.9 Å². The maximum absolute atomic E-state index is 6.08. The molecule has 0 atom stereocenters. The first-order chi connectivity index (χ1) is 17.0. The number of methoxy groups -OCH3 is 2. The van der Waals surface area contributed by atoms with Gasteiger partial charge < -0.3 is 23.8 Å². The van der Waals surface area contributed by atoms with Crippen molar-refractivity contribution in [2.75, 3.05) is 32.7 Å². The van der Waals surface area contributed by atoms with Crippen LogP contribution in [0.15, 0.2) is 66.7 Å². The summed E-state index contributed by atoms with van der Waals surface area (Å²) in [5, 5.41) is 0. The van der Waals surface area contributed by atoms with Crippen LogP contribution in [0.1, 0.15) is 58.2 Å². The Labute approximate surface area is 217 Å². The molecule has 3 aromatic rings. The van der Waals surface area contributed by atoms with Crippen LogP contribution in [0.5, 0.6) is 11.5 Å². The number of benzene rings is 3. The third-order valence-corrected chi connectivity index (χ3v) is 6.08. The lowest BCUT2D eigenvalue weighted by Gasteiger charge is -2.32. The topological polar surface area (TPSA) is 40.2 Å². The summed E-state index contributed by atoms with van der Waals surface area (Å²) in [6.07, 6.45) is 0. The maximum Gasteiger partial charge on any atom is 0.188 e. The van der Waals surface area contributed by atoms with Gasteiger partial charge in [0.1, 0.15) is 11.5 Å². The molecule has 0 N–H and O–H groups in total. The van der Waals surface area contributed by atoms with Crippen molar-refractivity contribution in [3.63, 3.8) is 0 Å². The van der Waals surface area contributed by atoms with Crippen LogP contribution in [-0.4, -0.2) is 27.8 Å². The Morgan fingerprint density at radius 2 is 1.06 bits per heavy atom. The highest BCUT2D eigenvalue weighted by molar-refractivity contribution is 5.75. The van der Waals surface area contributed by atoms with E-state index >= 15 is 0 Å². The zero-order chi connectivity index (χ0) is 26.3. The van der Waals surface area contributed by atoms with Crippen molar-refractivity contribution < 1.29 is 18.9 Å². The number of hydrogen-bond donors (Lipinski definition) is 0. The van der Waals surface area contributed by atoms with Gasteiger partial charge in [0.2, 0.25) is 0 Å². The van der Waals surface area contributed by atoms with E-state index in [1.807, 2.05) is 18.2 Å². The highest BCUT2D eigenvalue weighted by Crippen LogP contribution is 2.43. The lowest BCUT2D eigenvalue weighted by molar-refractivity contribution is 0.0510. The van der Waals surface area contributed by atoms with Crippen LogP contribution >= 0.6 is 0 Å². The summed E-state index contributed by atoms with van der Waals surface area (Å²) in [5.74, 6) is 1.50. The summed E-state index contributed by atoms with van der Waals surface area (Å²) in [6.45, 7) is 14.3. The Balaban J connectivity index is 2.28. The zero-order valence-electron chi connectivity index (χ0n) is 23.1. The van der Waals surface area contributed by atoms with Crippen LogP contribution in [0.25, 0.3) is 0 Å². The number of rotatable bonds is 10. The van der Waals surface area contributed by atoms with E-state index in [2.05, 4.69) is 95.0 Å². The summed E-state index contributed by atoms with van der Waals surface area (Å²) in [7, 11) is 3.27. The van der Waals surface area contributed by atoms with Crippen molar-refractivity contribution in [2.24, 2.45) is 0 Å².